The highest BCUT2D eigenvalue weighted by Gasteiger charge is 2.49. The highest BCUT2D eigenvalue weighted by Crippen LogP contribution is 2.49. The number of rotatable bonds is 0. The molecule has 0 spiro atoms. The quantitative estimate of drug-likeness (QED) is 0.795. The Morgan fingerprint density at radius 3 is 2.48 bits per heavy atom. The molecule has 1 saturated carbocycles. The normalized spacial score (nSPS) is 31.6. The predicted molar refractivity (Wildman–Crippen MR) is 78.3 cm³/mol. The van der Waals surface area contributed by atoms with Crippen molar-refractivity contribution < 1.29 is 14.7 Å². The Bertz CT molecular complexity index is 685. The maximum atomic E-state index is 12.9. The van der Waals surface area contributed by atoms with Crippen LogP contribution in [0.3, 0.4) is 0 Å². The van der Waals surface area contributed by atoms with Gasteiger partial charge in [-0.3, -0.25) is 9.59 Å². The molecule has 1 N–H and O–H groups in total. The number of ketones is 2. The molecular weight excluding hydrogens is 264 g/mol. The first-order valence-electron chi connectivity index (χ1n) is 7.76. The van der Waals surface area contributed by atoms with Crippen molar-refractivity contribution in [2.45, 2.75) is 44.1 Å². The molecule has 0 amide bonds. The van der Waals surface area contributed by atoms with Crippen LogP contribution in [0.25, 0.3) is 0 Å². The zero-order chi connectivity index (χ0) is 14.6. The fourth-order valence-corrected chi connectivity index (χ4v) is 4.34. The molecule has 0 bridgehead atoms. The maximum Gasteiger partial charge on any atom is 0.190 e. The monoisotopic (exact) mass is 282 g/mol. The molecule has 0 aliphatic heterocycles. The zero-order valence-electron chi connectivity index (χ0n) is 11.9. The molecule has 108 valence electrons. The number of carbonyl (C=O) groups is 2. The second-order valence-corrected chi connectivity index (χ2v) is 6.50. The van der Waals surface area contributed by atoms with E-state index >= 15 is 0 Å². The molecule has 0 saturated heterocycles. The second kappa shape index (κ2) is 4.38. The summed E-state index contributed by atoms with van der Waals surface area (Å²) in [4.78, 5) is 25.6. The van der Waals surface area contributed by atoms with Gasteiger partial charge in [-0.2, -0.15) is 0 Å². The summed E-state index contributed by atoms with van der Waals surface area (Å²) in [5, 5.41) is 10.9. The van der Waals surface area contributed by atoms with Crippen LogP contribution in [0.2, 0.25) is 0 Å². The van der Waals surface area contributed by atoms with Gasteiger partial charge in [-0.25, -0.2) is 0 Å². The average Bonchev–Trinajstić information content (AvgIpc) is 2.51. The number of fused-ring (bicyclic) bond motifs is 3. The maximum absolute atomic E-state index is 12.9. The van der Waals surface area contributed by atoms with E-state index in [1.54, 1.807) is 24.3 Å². The van der Waals surface area contributed by atoms with E-state index < -0.39 is 5.60 Å². The lowest BCUT2D eigenvalue weighted by Crippen LogP contribution is -2.47. The van der Waals surface area contributed by atoms with Gasteiger partial charge in [-0.1, -0.05) is 37.1 Å². The molecule has 1 fully saturated rings. The van der Waals surface area contributed by atoms with Crippen LogP contribution in [0.5, 0.6) is 0 Å². The third kappa shape index (κ3) is 1.70. The SMILES string of the molecule is O=C1C2=C(C(=O)c3ccccc31)C1CCCCC1(O)CC2. The Kier molecular flexibility index (Phi) is 2.70. The van der Waals surface area contributed by atoms with Crippen LogP contribution in [-0.2, 0) is 0 Å². The van der Waals surface area contributed by atoms with E-state index in [9.17, 15) is 14.7 Å². The number of Topliss-reactive ketones (excluding diaryl/α,β-unsaturated/α-hetero) is 2. The summed E-state index contributed by atoms with van der Waals surface area (Å²) in [5.74, 6) is -0.196. The molecule has 2 unspecified atom stereocenters. The summed E-state index contributed by atoms with van der Waals surface area (Å²) >= 11 is 0. The van der Waals surface area contributed by atoms with Crippen molar-refractivity contribution in [3.05, 3.63) is 46.5 Å². The molecule has 1 aromatic rings. The van der Waals surface area contributed by atoms with E-state index in [-0.39, 0.29) is 17.5 Å². The summed E-state index contributed by atoms with van der Waals surface area (Å²) in [6.07, 6.45) is 4.73. The first kappa shape index (κ1) is 13.0. The Balaban J connectivity index is 1.89. The fourth-order valence-electron chi connectivity index (χ4n) is 4.34. The van der Waals surface area contributed by atoms with Gasteiger partial charge in [-0.15, -0.1) is 0 Å². The summed E-state index contributed by atoms with van der Waals surface area (Å²) < 4.78 is 0. The molecule has 0 aromatic heterocycles. The van der Waals surface area contributed by atoms with Crippen LogP contribution < -0.4 is 0 Å². The van der Waals surface area contributed by atoms with Crippen LogP contribution in [0.15, 0.2) is 35.4 Å². The van der Waals surface area contributed by atoms with E-state index in [1.807, 2.05) is 0 Å². The molecule has 21 heavy (non-hydrogen) atoms. The van der Waals surface area contributed by atoms with E-state index in [1.165, 1.54) is 0 Å². The molecule has 4 rings (SSSR count). The molecule has 2 atom stereocenters. The van der Waals surface area contributed by atoms with E-state index in [0.717, 1.165) is 25.7 Å². The summed E-state index contributed by atoms with van der Waals surface area (Å²) in [6, 6.07) is 7.07. The van der Waals surface area contributed by atoms with Crippen molar-refractivity contribution in [1.82, 2.24) is 0 Å². The average molecular weight is 282 g/mol. The molecule has 0 radical (unpaired) electrons. The first-order valence-corrected chi connectivity index (χ1v) is 7.76. The van der Waals surface area contributed by atoms with Gasteiger partial charge in [0, 0.05) is 28.2 Å². The minimum atomic E-state index is -0.778. The van der Waals surface area contributed by atoms with Crippen molar-refractivity contribution in [3.63, 3.8) is 0 Å². The number of aliphatic hydroxyl groups is 1. The topological polar surface area (TPSA) is 54.4 Å². The summed E-state index contributed by atoms with van der Waals surface area (Å²) in [7, 11) is 0. The van der Waals surface area contributed by atoms with Crippen molar-refractivity contribution >= 4 is 11.6 Å². The van der Waals surface area contributed by atoms with Gasteiger partial charge in [0.05, 0.1) is 5.60 Å². The van der Waals surface area contributed by atoms with E-state index in [4.69, 9.17) is 0 Å². The molecule has 1 aromatic carbocycles. The fraction of sp³-hybridized carbons (Fsp3) is 0.444. The van der Waals surface area contributed by atoms with Crippen LogP contribution in [0.1, 0.15) is 59.2 Å². The van der Waals surface area contributed by atoms with Crippen LogP contribution in [0.4, 0.5) is 0 Å². The Morgan fingerprint density at radius 1 is 1.00 bits per heavy atom. The Labute approximate surface area is 123 Å². The molecule has 3 heteroatoms. The molecule has 3 aliphatic rings. The number of allylic oxidation sites excluding steroid dienone is 1. The summed E-state index contributed by atoms with van der Waals surface area (Å²) in [5.41, 5.74) is 1.54. The third-order valence-electron chi connectivity index (χ3n) is 5.42. The third-order valence-corrected chi connectivity index (χ3v) is 5.42. The minimum absolute atomic E-state index is 0.00664. The standard InChI is InChI=1S/C18H18O3/c19-16-11-5-1-2-6-12(11)17(20)15-13(16)8-10-18(21)9-4-3-7-14(15)18/h1-2,5-6,14,21H,3-4,7-10H2. The Morgan fingerprint density at radius 2 is 1.71 bits per heavy atom. The minimum Gasteiger partial charge on any atom is -0.389 e. The van der Waals surface area contributed by atoms with Gasteiger partial charge in [0.25, 0.3) is 0 Å². The van der Waals surface area contributed by atoms with Gasteiger partial charge >= 0.3 is 0 Å². The van der Waals surface area contributed by atoms with Crippen molar-refractivity contribution in [3.8, 4) is 0 Å². The number of benzene rings is 1. The lowest BCUT2D eigenvalue weighted by Gasteiger charge is -2.46. The highest BCUT2D eigenvalue weighted by molar-refractivity contribution is 6.27. The van der Waals surface area contributed by atoms with E-state index in [2.05, 4.69) is 0 Å². The van der Waals surface area contributed by atoms with Crippen molar-refractivity contribution in [2.24, 2.45) is 5.92 Å². The smallest absolute Gasteiger partial charge is 0.190 e. The predicted octanol–water partition coefficient (Wildman–Crippen LogP) is 3.08. The molecule has 3 aliphatic carbocycles. The van der Waals surface area contributed by atoms with Crippen LogP contribution in [0, 0.1) is 5.92 Å². The molecule has 0 heterocycles. The zero-order valence-corrected chi connectivity index (χ0v) is 11.9. The lowest BCUT2D eigenvalue weighted by atomic mass is 9.61. The molecular formula is C18H18O3. The first-order chi connectivity index (χ1) is 10.1. The van der Waals surface area contributed by atoms with Crippen molar-refractivity contribution in [1.29, 1.82) is 0 Å². The van der Waals surface area contributed by atoms with Gasteiger partial charge < -0.3 is 5.11 Å². The van der Waals surface area contributed by atoms with Crippen LogP contribution >= 0.6 is 0 Å². The van der Waals surface area contributed by atoms with Gasteiger partial charge in [0.2, 0.25) is 0 Å². The second-order valence-electron chi connectivity index (χ2n) is 6.50. The number of hydrogen-bond donors (Lipinski definition) is 1. The summed E-state index contributed by atoms with van der Waals surface area (Å²) in [6.45, 7) is 0. The highest BCUT2D eigenvalue weighted by atomic mass is 16.3. The molecule has 3 nitrogen and oxygen atoms in total. The van der Waals surface area contributed by atoms with Gasteiger partial charge in [-0.05, 0) is 25.7 Å². The Hall–Kier alpha value is -1.74. The van der Waals surface area contributed by atoms with Crippen molar-refractivity contribution in [2.75, 3.05) is 0 Å². The number of hydrogen-bond acceptors (Lipinski definition) is 3. The van der Waals surface area contributed by atoms with Gasteiger partial charge in [0.15, 0.2) is 11.6 Å². The lowest BCUT2D eigenvalue weighted by molar-refractivity contribution is -0.0460. The van der Waals surface area contributed by atoms with Gasteiger partial charge in [0.1, 0.15) is 0 Å². The van der Waals surface area contributed by atoms with E-state index in [0.29, 0.717) is 35.1 Å². The van der Waals surface area contributed by atoms with Crippen LogP contribution in [-0.4, -0.2) is 22.3 Å². The largest absolute Gasteiger partial charge is 0.389 e. The number of carbonyl (C=O) groups excluding carboxylic acids is 2.